The molecule has 0 fully saturated rings. The molecular weight excluding hydrogens is 286 g/mol. The van der Waals surface area contributed by atoms with Gasteiger partial charge in [-0.05, 0) is 39.3 Å². The van der Waals surface area contributed by atoms with Gasteiger partial charge >= 0.3 is 0 Å². The van der Waals surface area contributed by atoms with Crippen LogP contribution in [-0.2, 0) is 0 Å². The van der Waals surface area contributed by atoms with Gasteiger partial charge in [-0.15, -0.1) is 0 Å². The number of aryl methyl sites for hydroxylation is 2. The van der Waals surface area contributed by atoms with Crippen molar-refractivity contribution < 1.29 is 0 Å². The summed E-state index contributed by atoms with van der Waals surface area (Å²) >= 11 is 0. The minimum Gasteiger partial charge on any atom is -0.352 e. The van der Waals surface area contributed by atoms with Gasteiger partial charge in [0.2, 0.25) is 11.9 Å². The Balaban J connectivity index is 2.01. The molecule has 2 aromatic rings. The van der Waals surface area contributed by atoms with E-state index in [1.807, 2.05) is 19.1 Å². The average Bonchev–Trinajstić information content (AvgIpc) is 2.49. The molecule has 0 aliphatic rings. The first-order valence-electron chi connectivity index (χ1n) is 8.39. The average molecular weight is 313 g/mol. The lowest BCUT2D eigenvalue weighted by molar-refractivity contribution is 0.611. The Labute approximate surface area is 139 Å². The standard InChI is InChI=1S/C18H27N5/c1-5-6-7-8-14(3)19-17-20-15(4)21-18(23-17)22-16-11-9-13(2)10-12-16/h9-12,14H,5-8H2,1-4H3,(H2,19,20,21,22,23)/t14-/m0/s1. The molecule has 0 saturated heterocycles. The van der Waals surface area contributed by atoms with E-state index in [2.05, 4.69) is 58.5 Å². The Bertz CT molecular complexity index is 609. The predicted octanol–water partition coefficient (Wildman–Crippen LogP) is 4.61. The second-order valence-corrected chi connectivity index (χ2v) is 6.06. The number of anilines is 3. The number of hydrogen-bond acceptors (Lipinski definition) is 5. The van der Waals surface area contributed by atoms with Crippen molar-refractivity contribution in [3.05, 3.63) is 35.7 Å². The number of aromatic nitrogens is 3. The highest BCUT2D eigenvalue weighted by Gasteiger charge is 2.08. The second-order valence-electron chi connectivity index (χ2n) is 6.06. The van der Waals surface area contributed by atoms with Crippen LogP contribution in [0.15, 0.2) is 24.3 Å². The van der Waals surface area contributed by atoms with E-state index in [0.717, 1.165) is 12.1 Å². The summed E-state index contributed by atoms with van der Waals surface area (Å²) in [6.07, 6.45) is 4.85. The first-order chi connectivity index (χ1) is 11.1. The number of nitrogens with zero attached hydrogens (tertiary/aromatic N) is 3. The lowest BCUT2D eigenvalue weighted by Crippen LogP contribution is -2.18. The van der Waals surface area contributed by atoms with Crippen molar-refractivity contribution in [1.82, 2.24) is 15.0 Å². The molecule has 0 unspecified atom stereocenters. The van der Waals surface area contributed by atoms with Gasteiger partial charge in [-0.1, -0.05) is 43.9 Å². The number of unbranched alkanes of at least 4 members (excludes halogenated alkanes) is 2. The largest absolute Gasteiger partial charge is 0.352 e. The fourth-order valence-electron chi connectivity index (χ4n) is 2.36. The van der Waals surface area contributed by atoms with Crippen molar-refractivity contribution in [3.63, 3.8) is 0 Å². The zero-order valence-corrected chi connectivity index (χ0v) is 14.6. The third-order valence-electron chi connectivity index (χ3n) is 3.67. The van der Waals surface area contributed by atoms with Gasteiger partial charge in [-0.2, -0.15) is 15.0 Å². The molecule has 1 atom stereocenters. The summed E-state index contributed by atoms with van der Waals surface area (Å²) in [6, 6.07) is 8.52. The Kier molecular flexibility index (Phi) is 6.32. The van der Waals surface area contributed by atoms with E-state index in [1.54, 1.807) is 0 Å². The molecule has 0 spiro atoms. The van der Waals surface area contributed by atoms with Crippen LogP contribution in [0.3, 0.4) is 0 Å². The van der Waals surface area contributed by atoms with Gasteiger partial charge in [0.05, 0.1) is 0 Å². The van der Waals surface area contributed by atoms with Gasteiger partial charge in [0.15, 0.2) is 0 Å². The van der Waals surface area contributed by atoms with E-state index >= 15 is 0 Å². The maximum Gasteiger partial charge on any atom is 0.232 e. The Morgan fingerprint density at radius 1 is 0.957 bits per heavy atom. The lowest BCUT2D eigenvalue weighted by Gasteiger charge is -2.14. The number of hydrogen-bond donors (Lipinski definition) is 2. The summed E-state index contributed by atoms with van der Waals surface area (Å²) in [7, 11) is 0. The molecule has 5 nitrogen and oxygen atoms in total. The Morgan fingerprint density at radius 3 is 2.35 bits per heavy atom. The van der Waals surface area contributed by atoms with E-state index in [9.17, 15) is 0 Å². The molecule has 124 valence electrons. The minimum absolute atomic E-state index is 0.357. The molecule has 0 saturated carbocycles. The molecule has 1 aromatic carbocycles. The zero-order chi connectivity index (χ0) is 16.7. The fourth-order valence-corrected chi connectivity index (χ4v) is 2.36. The third-order valence-corrected chi connectivity index (χ3v) is 3.67. The molecule has 2 N–H and O–H groups in total. The van der Waals surface area contributed by atoms with E-state index in [1.165, 1.54) is 24.8 Å². The molecule has 5 heteroatoms. The van der Waals surface area contributed by atoms with E-state index in [4.69, 9.17) is 0 Å². The van der Waals surface area contributed by atoms with E-state index in [0.29, 0.717) is 23.8 Å². The third kappa shape index (κ3) is 5.85. The van der Waals surface area contributed by atoms with Crippen LogP contribution in [0.2, 0.25) is 0 Å². The van der Waals surface area contributed by atoms with Crippen LogP contribution in [0.4, 0.5) is 17.6 Å². The molecule has 2 rings (SSSR count). The highest BCUT2D eigenvalue weighted by atomic mass is 15.2. The van der Waals surface area contributed by atoms with E-state index in [-0.39, 0.29) is 0 Å². The Hall–Kier alpha value is -2.17. The van der Waals surface area contributed by atoms with Crippen molar-refractivity contribution >= 4 is 17.6 Å². The van der Waals surface area contributed by atoms with Gasteiger partial charge in [0.25, 0.3) is 0 Å². The molecular formula is C18H27N5. The topological polar surface area (TPSA) is 62.7 Å². The number of benzene rings is 1. The van der Waals surface area contributed by atoms with Crippen LogP contribution in [0.1, 0.15) is 50.9 Å². The van der Waals surface area contributed by atoms with Crippen LogP contribution in [-0.4, -0.2) is 21.0 Å². The van der Waals surface area contributed by atoms with Crippen LogP contribution < -0.4 is 10.6 Å². The summed E-state index contributed by atoms with van der Waals surface area (Å²) < 4.78 is 0. The smallest absolute Gasteiger partial charge is 0.232 e. The maximum absolute atomic E-state index is 4.48. The zero-order valence-electron chi connectivity index (χ0n) is 14.6. The van der Waals surface area contributed by atoms with Gasteiger partial charge < -0.3 is 10.6 Å². The van der Waals surface area contributed by atoms with Crippen molar-refractivity contribution in [1.29, 1.82) is 0 Å². The Morgan fingerprint density at radius 2 is 1.65 bits per heavy atom. The van der Waals surface area contributed by atoms with Crippen LogP contribution in [0.25, 0.3) is 0 Å². The first-order valence-corrected chi connectivity index (χ1v) is 8.39. The predicted molar refractivity (Wildman–Crippen MR) is 96.3 cm³/mol. The van der Waals surface area contributed by atoms with E-state index < -0.39 is 0 Å². The van der Waals surface area contributed by atoms with Crippen molar-refractivity contribution in [2.24, 2.45) is 0 Å². The normalized spacial score (nSPS) is 12.0. The molecule has 0 aliphatic carbocycles. The number of nitrogens with one attached hydrogen (secondary N) is 2. The van der Waals surface area contributed by atoms with Gasteiger partial charge in [-0.25, -0.2) is 0 Å². The van der Waals surface area contributed by atoms with Gasteiger partial charge in [0, 0.05) is 11.7 Å². The molecule has 0 amide bonds. The summed E-state index contributed by atoms with van der Waals surface area (Å²) in [6.45, 7) is 8.34. The summed E-state index contributed by atoms with van der Waals surface area (Å²) in [5.74, 6) is 1.92. The van der Waals surface area contributed by atoms with Gasteiger partial charge in [0.1, 0.15) is 5.82 Å². The van der Waals surface area contributed by atoms with Crippen molar-refractivity contribution in [3.8, 4) is 0 Å². The maximum atomic E-state index is 4.48. The van der Waals surface area contributed by atoms with Crippen LogP contribution in [0.5, 0.6) is 0 Å². The minimum atomic E-state index is 0.357. The molecule has 0 bridgehead atoms. The summed E-state index contributed by atoms with van der Waals surface area (Å²) in [5.41, 5.74) is 2.20. The molecule has 23 heavy (non-hydrogen) atoms. The molecule has 1 heterocycles. The molecule has 1 aromatic heterocycles. The SMILES string of the molecule is CCCCC[C@H](C)Nc1nc(C)nc(Nc2ccc(C)cc2)n1. The van der Waals surface area contributed by atoms with Crippen LogP contribution in [0, 0.1) is 13.8 Å². The highest BCUT2D eigenvalue weighted by Crippen LogP contribution is 2.15. The monoisotopic (exact) mass is 313 g/mol. The highest BCUT2D eigenvalue weighted by molar-refractivity contribution is 5.54. The quantitative estimate of drug-likeness (QED) is 0.697. The molecule has 0 radical (unpaired) electrons. The second kappa shape index (κ2) is 8.46. The first kappa shape index (κ1) is 17.2. The van der Waals surface area contributed by atoms with Crippen molar-refractivity contribution in [2.75, 3.05) is 10.6 Å². The lowest BCUT2D eigenvalue weighted by atomic mass is 10.1. The van der Waals surface area contributed by atoms with Crippen molar-refractivity contribution in [2.45, 2.75) is 59.4 Å². The fraction of sp³-hybridized carbons (Fsp3) is 0.500. The van der Waals surface area contributed by atoms with Crippen LogP contribution >= 0.6 is 0 Å². The number of rotatable bonds is 8. The van der Waals surface area contributed by atoms with Gasteiger partial charge in [-0.3, -0.25) is 0 Å². The molecule has 0 aliphatic heterocycles. The summed E-state index contributed by atoms with van der Waals surface area (Å²) in [4.78, 5) is 13.2. The summed E-state index contributed by atoms with van der Waals surface area (Å²) in [5, 5.41) is 6.61.